The Balaban J connectivity index is 1.48. The molecule has 0 bridgehead atoms. The molecule has 2 heterocycles. The second-order valence-corrected chi connectivity index (χ2v) is 8.74. The van der Waals surface area contributed by atoms with Crippen LogP contribution in [0, 0.1) is 0 Å². The van der Waals surface area contributed by atoms with Crippen molar-refractivity contribution in [3.8, 4) is 0 Å². The fourth-order valence-corrected chi connectivity index (χ4v) is 4.67. The minimum Gasteiger partial charge on any atom is -0.374 e. The zero-order chi connectivity index (χ0) is 20.3. The van der Waals surface area contributed by atoms with Crippen LogP contribution < -0.4 is 0 Å². The van der Waals surface area contributed by atoms with Crippen LogP contribution in [0.5, 0.6) is 0 Å². The van der Waals surface area contributed by atoms with E-state index in [0.717, 1.165) is 11.1 Å². The Hall–Kier alpha value is -1.03. The van der Waals surface area contributed by atoms with E-state index >= 15 is 0 Å². The monoisotopic (exact) mass is 510 g/mol. The van der Waals surface area contributed by atoms with Crippen molar-refractivity contribution >= 4 is 22.6 Å². The van der Waals surface area contributed by atoms with Crippen LogP contribution in [0.25, 0.3) is 0 Å². The highest BCUT2D eigenvalue weighted by Crippen LogP contribution is 2.45. The van der Waals surface area contributed by atoms with Crippen molar-refractivity contribution in [3.63, 3.8) is 0 Å². The Kier molecular flexibility index (Phi) is 6.58. The molecule has 29 heavy (non-hydrogen) atoms. The Bertz CT molecular complexity index is 784. The summed E-state index contributed by atoms with van der Waals surface area (Å²) < 4.78 is 31.7. The molecule has 0 aromatic heterocycles. The number of ether oxygens (including phenoxy) is 5. The zero-order valence-corrected chi connectivity index (χ0v) is 18.9. The van der Waals surface area contributed by atoms with Gasteiger partial charge in [-0.3, -0.25) is 0 Å². The molecule has 4 rings (SSSR count). The fourth-order valence-electron chi connectivity index (χ4n) is 3.84. The third kappa shape index (κ3) is 4.84. The molecule has 6 heteroatoms. The third-order valence-corrected chi connectivity index (χ3v) is 6.50. The maximum atomic E-state index is 6.39. The van der Waals surface area contributed by atoms with E-state index in [4.69, 9.17) is 23.7 Å². The summed E-state index contributed by atoms with van der Waals surface area (Å²) in [4.78, 5) is 0. The topological polar surface area (TPSA) is 46.2 Å². The molecule has 2 saturated heterocycles. The molecule has 5 nitrogen and oxygen atoms in total. The number of hydrogen-bond acceptors (Lipinski definition) is 5. The summed E-state index contributed by atoms with van der Waals surface area (Å²) in [5.74, 6) is -0.688. The maximum Gasteiger partial charge on any atom is 0.190 e. The van der Waals surface area contributed by atoms with Gasteiger partial charge in [0.25, 0.3) is 0 Å². The van der Waals surface area contributed by atoms with E-state index in [9.17, 15) is 0 Å². The number of fused-ring (bicyclic) bond motifs is 1. The molecule has 0 unspecified atom stereocenters. The molecule has 2 fully saturated rings. The van der Waals surface area contributed by atoms with Crippen molar-refractivity contribution in [2.45, 2.75) is 56.9 Å². The molecular weight excluding hydrogens is 483 g/mol. The second kappa shape index (κ2) is 8.99. The van der Waals surface area contributed by atoms with Crippen LogP contribution in [0.4, 0.5) is 0 Å². The SMILES string of the molecule is CC1(C)O[C@H]2O[C@](CI)(COCc3ccccc3)[C@@H](OCc3ccccc3)[C@H]2O1. The third-order valence-electron chi connectivity index (χ3n) is 5.21. The van der Waals surface area contributed by atoms with Gasteiger partial charge in [0.1, 0.15) is 17.8 Å². The summed E-state index contributed by atoms with van der Waals surface area (Å²) >= 11 is 2.34. The molecule has 2 aliphatic rings. The molecule has 0 N–H and O–H groups in total. The van der Waals surface area contributed by atoms with Gasteiger partial charge in [0, 0.05) is 4.43 Å². The summed E-state index contributed by atoms with van der Waals surface area (Å²) in [6.07, 6.45) is -1.04. The van der Waals surface area contributed by atoms with Crippen molar-refractivity contribution in [3.05, 3.63) is 71.8 Å². The molecule has 2 aromatic rings. The highest BCUT2D eigenvalue weighted by molar-refractivity contribution is 14.1. The lowest BCUT2D eigenvalue weighted by molar-refractivity contribution is -0.248. The molecule has 2 aliphatic heterocycles. The number of rotatable bonds is 8. The smallest absolute Gasteiger partial charge is 0.190 e. The van der Waals surface area contributed by atoms with Gasteiger partial charge in [-0.25, -0.2) is 0 Å². The second-order valence-electron chi connectivity index (χ2n) is 7.98. The molecule has 0 aliphatic carbocycles. The zero-order valence-electron chi connectivity index (χ0n) is 16.8. The van der Waals surface area contributed by atoms with Gasteiger partial charge in [0.2, 0.25) is 0 Å². The lowest BCUT2D eigenvalue weighted by atomic mass is 9.98. The lowest BCUT2D eigenvalue weighted by Crippen LogP contribution is -2.51. The summed E-state index contributed by atoms with van der Waals surface area (Å²) in [6.45, 7) is 5.22. The van der Waals surface area contributed by atoms with Crippen molar-refractivity contribution in [2.24, 2.45) is 0 Å². The Labute approximate surface area is 185 Å². The molecule has 0 amide bonds. The normalized spacial score (nSPS) is 30.4. The van der Waals surface area contributed by atoms with E-state index in [-0.39, 0.29) is 12.2 Å². The van der Waals surface area contributed by atoms with Crippen LogP contribution in [0.2, 0.25) is 0 Å². The van der Waals surface area contributed by atoms with Crippen LogP contribution in [0.15, 0.2) is 60.7 Å². The summed E-state index contributed by atoms with van der Waals surface area (Å²) in [5.41, 5.74) is 1.61. The number of halogens is 1. The van der Waals surface area contributed by atoms with E-state index in [2.05, 4.69) is 46.9 Å². The van der Waals surface area contributed by atoms with Crippen LogP contribution in [0.1, 0.15) is 25.0 Å². The highest BCUT2D eigenvalue weighted by atomic mass is 127. The van der Waals surface area contributed by atoms with Gasteiger partial charge in [-0.05, 0) is 25.0 Å². The first-order valence-corrected chi connectivity index (χ1v) is 11.4. The first-order valence-electron chi connectivity index (χ1n) is 9.88. The number of hydrogen-bond donors (Lipinski definition) is 0. The lowest BCUT2D eigenvalue weighted by Gasteiger charge is -2.35. The predicted octanol–water partition coefficient (Wildman–Crippen LogP) is 4.47. The molecule has 156 valence electrons. The van der Waals surface area contributed by atoms with Crippen molar-refractivity contribution in [1.82, 2.24) is 0 Å². The Morgan fingerprint density at radius 1 is 0.862 bits per heavy atom. The van der Waals surface area contributed by atoms with E-state index in [1.54, 1.807) is 0 Å². The Morgan fingerprint density at radius 3 is 2.10 bits per heavy atom. The summed E-state index contributed by atoms with van der Waals surface area (Å²) in [6, 6.07) is 20.3. The van der Waals surface area contributed by atoms with Crippen LogP contribution >= 0.6 is 22.6 Å². The minimum absolute atomic E-state index is 0.288. The molecule has 4 atom stereocenters. The molecule has 0 radical (unpaired) electrons. The largest absolute Gasteiger partial charge is 0.374 e. The van der Waals surface area contributed by atoms with E-state index < -0.39 is 17.7 Å². The van der Waals surface area contributed by atoms with Gasteiger partial charge >= 0.3 is 0 Å². The van der Waals surface area contributed by atoms with Gasteiger partial charge in [0.15, 0.2) is 12.1 Å². The highest BCUT2D eigenvalue weighted by Gasteiger charge is 2.62. The van der Waals surface area contributed by atoms with E-state index in [1.807, 2.05) is 50.2 Å². The molecular formula is C23H27IO5. The van der Waals surface area contributed by atoms with Gasteiger partial charge in [-0.2, -0.15) is 0 Å². The summed E-state index contributed by atoms with van der Waals surface area (Å²) in [7, 11) is 0. The maximum absolute atomic E-state index is 6.39. The molecule has 0 saturated carbocycles. The first kappa shape index (κ1) is 21.2. The number of benzene rings is 2. The van der Waals surface area contributed by atoms with Gasteiger partial charge in [-0.15, -0.1) is 0 Å². The quantitative estimate of drug-likeness (QED) is 0.388. The minimum atomic E-state index is -0.688. The van der Waals surface area contributed by atoms with Crippen molar-refractivity contribution < 1.29 is 23.7 Å². The fraction of sp³-hybridized carbons (Fsp3) is 0.478. The predicted molar refractivity (Wildman–Crippen MR) is 118 cm³/mol. The van der Waals surface area contributed by atoms with E-state index in [1.165, 1.54) is 0 Å². The van der Waals surface area contributed by atoms with Crippen LogP contribution in [-0.2, 0) is 36.9 Å². The van der Waals surface area contributed by atoms with E-state index in [0.29, 0.717) is 24.2 Å². The summed E-state index contributed by atoms with van der Waals surface area (Å²) in [5, 5.41) is 0. The molecule has 2 aromatic carbocycles. The van der Waals surface area contributed by atoms with Gasteiger partial charge in [-0.1, -0.05) is 83.3 Å². The average molecular weight is 510 g/mol. The molecule has 0 spiro atoms. The van der Waals surface area contributed by atoms with Gasteiger partial charge < -0.3 is 23.7 Å². The van der Waals surface area contributed by atoms with Crippen molar-refractivity contribution in [1.29, 1.82) is 0 Å². The standard InChI is InChI=1S/C23H27IO5/c1-22(2)27-19-20(26-14-18-11-7-4-8-12-18)23(15-24,29-21(19)28-22)16-25-13-17-9-5-3-6-10-17/h3-12,19-21H,13-16H2,1-2H3/t19-,20+,21+,23-/m1/s1. The van der Waals surface area contributed by atoms with Crippen LogP contribution in [-0.4, -0.2) is 40.9 Å². The Morgan fingerprint density at radius 2 is 1.48 bits per heavy atom. The van der Waals surface area contributed by atoms with Crippen LogP contribution in [0.3, 0.4) is 0 Å². The van der Waals surface area contributed by atoms with Gasteiger partial charge in [0.05, 0.1) is 19.8 Å². The van der Waals surface area contributed by atoms with Crippen molar-refractivity contribution in [2.75, 3.05) is 11.0 Å². The first-order chi connectivity index (χ1) is 14.0. The average Bonchev–Trinajstić information content (AvgIpc) is 3.17. The number of alkyl halides is 1.